The molecule has 2 unspecified atom stereocenters. The molecule has 0 aromatic carbocycles. The van der Waals surface area contributed by atoms with Crippen LogP contribution in [-0.4, -0.2) is 17.0 Å². The fraction of sp³-hybridized carbons (Fsp3) is 0.833. The van der Waals surface area contributed by atoms with Crippen LogP contribution in [0.15, 0.2) is 0 Å². The van der Waals surface area contributed by atoms with Crippen molar-refractivity contribution in [2.45, 2.75) is 30.6 Å². The van der Waals surface area contributed by atoms with E-state index in [0.29, 0.717) is 11.3 Å². The van der Waals surface area contributed by atoms with E-state index in [-0.39, 0.29) is 0 Å². The maximum Gasteiger partial charge on any atom is 0.0378 e. The topological polar surface area (TPSA) is 35.9 Å². The van der Waals surface area contributed by atoms with Crippen molar-refractivity contribution in [3.8, 4) is 0 Å². The highest BCUT2D eigenvalue weighted by molar-refractivity contribution is 8.76. The van der Waals surface area contributed by atoms with E-state index < -0.39 is 0 Å². The van der Waals surface area contributed by atoms with Crippen molar-refractivity contribution in [1.29, 1.82) is 5.41 Å². The second kappa shape index (κ2) is 2.75. The Balaban J connectivity index is 2.03. The Hall–Kier alpha value is 0.330. The highest BCUT2D eigenvalue weighted by atomic mass is 33.1. The van der Waals surface area contributed by atoms with Gasteiger partial charge in [0.15, 0.2) is 0 Å². The van der Waals surface area contributed by atoms with Crippen LogP contribution in [0.25, 0.3) is 0 Å². The Bertz CT molecular complexity index is 160. The molecule has 2 atom stereocenters. The summed E-state index contributed by atoms with van der Waals surface area (Å²) in [6, 6.07) is 0.684. The molecule has 0 aromatic rings. The van der Waals surface area contributed by atoms with E-state index >= 15 is 0 Å². The monoisotopic (exact) mass is 174 g/mol. The Labute approximate surface area is 68.6 Å². The molecule has 2 rings (SSSR count). The lowest BCUT2D eigenvalue weighted by atomic mass is 9.94. The molecule has 0 spiro atoms. The van der Waals surface area contributed by atoms with Crippen LogP contribution in [0.4, 0.5) is 0 Å². The third-order valence-electron chi connectivity index (χ3n) is 2.02. The van der Waals surface area contributed by atoms with Crippen molar-refractivity contribution in [3.63, 3.8) is 0 Å². The maximum absolute atomic E-state index is 7.49. The van der Waals surface area contributed by atoms with E-state index in [2.05, 4.69) is 4.72 Å². The summed E-state index contributed by atoms with van der Waals surface area (Å²) >= 11 is 0. The van der Waals surface area contributed by atoms with Crippen LogP contribution < -0.4 is 4.72 Å². The minimum absolute atomic E-state index is 0.684. The molecule has 2 aliphatic rings. The molecule has 56 valence electrons. The van der Waals surface area contributed by atoms with Gasteiger partial charge in [-0.1, -0.05) is 10.8 Å². The van der Waals surface area contributed by atoms with E-state index in [1.54, 1.807) is 11.0 Å². The van der Waals surface area contributed by atoms with Gasteiger partial charge in [-0.2, -0.15) is 0 Å². The van der Waals surface area contributed by atoms with Crippen molar-refractivity contribution < 1.29 is 0 Å². The second-order valence-corrected chi connectivity index (χ2v) is 5.07. The zero-order chi connectivity index (χ0) is 6.97. The number of hydrogen-bond donors (Lipinski definition) is 2. The van der Waals surface area contributed by atoms with Crippen LogP contribution in [0.2, 0.25) is 0 Å². The van der Waals surface area contributed by atoms with E-state index in [0.717, 1.165) is 18.6 Å². The first-order valence-electron chi connectivity index (χ1n) is 3.50. The van der Waals surface area contributed by atoms with Gasteiger partial charge in [0.25, 0.3) is 0 Å². The van der Waals surface area contributed by atoms with Crippen LogP contribution in [0.1, 0.15) is 19.3 Å². The number of fused-ring (bicyclic) bond motifs is 1. The fourth-order valence-electron chi connectivity index (χ4n) is 1.39. The van der Waals surface area contributed by atoms with Crippen LogP contribution in [-0.2, 0) is 0 Å². The zero-order valence-electron chi connectivity index (χ0n) is 5.59. The molecule has 1 saturated heterocycles. The first kappa shape index (κ1) is 7.00. The van der Waals surface area contributed by atoms with Crippen molar-refractivity contribution >= 4 is 27.5 Å². The van der Waals surface area contributed by atoms with Crippen molar-refractivity contribution in [2.24, 2.45) is 0 Å². The van der Waals surface area contributed by atoms with Gasteiger partial charge in [-0.3, -0.25) is 4.72 Å². The van der Waals surface area contributed by atoms with Crippen LogP contribution in [0.5, 0.6) is 0 Å². The molecule has 10 heavy (non-hydrogen) atoms. The average molecular weight is 174 g/mol. The Morgan fingerprint density at radius 2 is 2.50 bits per heavy atom. The predicted molar refractivity (Wildman–Crippen MR) is 47.5 cm³/mol. The van der Waals surface area contributed by atoms with Gasteiger partial charge in [0.05, 0.1) is 0 Å². The molecule has 4 heteroatoms. The summed E-state index contributed by atoms with van der Waals surface area (Å²) in [5.41, 5.74) is 0.943. The van der Waals surface area contributed by atoms with Crippen LogP contribution in [0, 0.1) is 5.41 Å². The molecule has 1 aliphatic heterocycles. The van der Waals surface area contributed by atoms with Gasteiger partial charge in [-0.25, -0.2) is 0 Å². The molecule has 0 radical (unpaired) electrons. The van der Waals surface area contributed by atoms with Crippen molar-refractivity contribution in [2.75, 3.05) is 0 Å². The first-order valence-corrected chi connectivity index (χ1v) is 5.72. The molecule has 2 nitrogen and oxygen atoms in total. The maximum atomic E-state index is 7.49. The highest BCUT2D eigenvalue weighted by Gasteiger charge is 2.32. The van der Waals surface area contributed by atoms with Crippen molar-refractivity contribution in [1.82, 2.24) is 4.72 Å². The quantitative estimate of drug-likeness (QED) is 0.434. The molecule has 1 heterocycles. The lowest BCUT2D eigenvalue weighted by Crippen LogP contribution is -2.34. The van der Waals surface area contributed by atoms with E-state index in [9.17, 15) is 0 Å². The molecule has 1 aliphatic carbocycles. The largest absolute Gasteiger partial charge is 0.310 e. The standard InChI is InChI=1S/C6H10N2S2/c7-4-1-2-5-6(3-4)9-10-8-5/h5-8H,1-3H2. The summed E-state index contributed by atoms with van der Waals surface area (Å²) in [7, 11) is 3.65. The summed E-state index contributed by atoms with van der Waals surface area (Å²) in [4.78, 5) is 0. The molecular weight excluding hydrogens is 164 g/mol. The molecule has 0 bridgehead atoms. The number of nitrogens with one attached hydrogen (secondary N) is 2. The first-order chi connectivity index (χ1) is 4.86. The summed E-state index contributed by atoms with van der Waals surface area (Å²) in [6.07, 6.45) is 3.19. The van der Waals surface area contributed by atoms with Gasteiger partial charge in [0.1, 0.15) is 0 Å². The van der Waals surface area contributed by atoms with E-state index in [4.69, 9.17) is 5.41 Å². The third kappa shape index (κ3) is 1.20. The SMILES string of the molecule is N=C1CCC2NSSC2C1. The number of rotatable bonds is 0. The molecular formula is C6H10N2S2. The predicted octanol–water partition coefficient (Wildman–Crippen LogP) is 1.83. The molecule has 1 saturated carbocycles. The normalized spacial score (nSPS) is 39.8. The molecule has 0 amide bonds. The van der Waals surface area contributed by atoms with Crippen LogP contribution in [0.3, 0.4) is 0 Å². The molecule has 2 fully saturated rings. The molecule has 0 aromatic heterocycles. The summed E-state index contributed by atoms with van der Waals surface area (Å²) in [5, 5.41) is 8.18. The summed E-state index contributed by atoms with van der Waals surface area (Å²) < 4.78 is 3.36. The van der Waals surface area contributed by atoms with E-state index in [1.165, 1.54) is 6.42 Å². The highest BCUT2D eigenvalue weighted by Crippen LogP contribution is 2.40. The van der Waals surface area contributed by atoms with Gasteiger partial charge < -0.3 is 5.41 Å². The minimum Gasteiger partial charge on any atom is -0.310 e. The summed E-state index contributed by atoms with van der Waals surface area (Å²) in [5.74, 6) is 0. The smallest absolute Gasteiger partial charge is 0.0378 e. The van der Waals surface area contributed by atoms with E-state index in [1.807, 2.05) is 10.8 Å². The second-order valence-electron chi connectivity index (χ2n) is 2.79. The Morgan fingerprint density at radius 3 is 3.40 bits per heavy atom. The zero-order valence-corrected chi connectivity index (χ0v) is 7.23. The van der Waals surface area contributed by atoms with Crippen LogP contribution >= 0.6 is 21.8 Å². The fourth-order valence-corrected chi connectivity index (χ4v) is 4.18. The Morgan fingerprint density at radius 1 is 1.60 bits per heavy atom. The van der Waals surface area contributed by atoms with Crippen molar-refractivity contribution in [3.05, 3.63) is 0 Å². The molecule has 2 N–H and O–H groups in total. The summed E-state index contributed by atoms with van der Waals surface area (Å²) in [6.45, 7) is 0. The number of hydrogen-bond acceptors (Lipinski definition) is 4. The lowest BCUT2D eigenvalue weighted by molar-refractivity contribution is 0.550. The van der Waals surface area contributed by atoms with Gasteiger partial charge in [-0.05, 0) is 30.2 Å². The van der Waals surface area contributed by atoms with Gasteiger partial charge >= 0.3 is 0 Å². The van der Waals surface area contributed by atoms with Gasteiger partial charge in [0, 0.05) is 17.0 Å². The average Bonchev–Trinajstić information content (AvgIpc) is 2.33. The van der Waals surface area contributed by atoms with Gasteiger partial charge in [0.2, 0.25) is 0 Å². The van der Waals surface area contributed by atoms with Gasteiger partial charge in [-0.15, -0.1) is 0 Å². The minimum atomic E-state index is 0.684. The Kier molecular flexibility index (Phi) is 1.93. The lowest BCUT2D eigenvalue weighted by Gasteiger charge is -2.22. The third-order valence-corrected chi connectivity index (χ3v) is 4.58.